The minimum atomic E-state index is 0. The summed E-state index contributed by atoms with van der Waals surface area (Å²) in [7, 11) is 0. The fourth-order valence-electron chi connectivity index (χ4n) is 2.62. The van der Waals surface area contributed by atoms with Crippen LogP contribution < -0.4 is 10.6 Å². The van der Waals surface area contributed by atoms with Crippen molar-refractivity contribution in [2.75, 3.05) is 19.7 Å². The van der Waals surface area contributed by atoms with Crippen LogP contribution in [0.5, 0.6) is 0 Å². The third-order valence-corrected chi connectivity index (χ3v) is 3.90. The van der Waals surface area contributed by atoms with Gasteiger partial charge in [-0.3, -0.25) is 4.79 Å². The number of carbonyl (C=O) groups excluding carboxylic acids is 1. The molecule has 0 spiro atoms. The van der Waals surface area contributed by atoms with Crippen LogP contribution in [0.4, 0.5) is 0 Å². The fraction of sp³-hybridized carbons (Fsp3) is 0.588. The zero-order chi connectivity index (χ0) is 15.1. The second-order valence-corrected chi connectivity index (χ2v) is 5.70. The van der Waals surface area contributed by atoms with Crippen LogP contribution in [0.1, 0.15) is 43.4 Å². The topological polar surface area (TPSA) is 50.4 Å². The first-order chi connectivity index (χ1) is 10.2. The number of hydrogen-bond acceptors (Lipinski definition) is 3. The molecule has 1 aromatic carbocycles. The van der Waals surface area contributed by atoms with E-state index in [1.807, 2.05) is 0 Å². The molecule has 0 aromatic heterocycles. The van der Waals surface area contributed by atoms with Gasteiger partial charge in [-0.15, -0.1) is 12.4 Å². The van der Waals surface area contributed by atoms with Gasteiger partial charge < -0.3 is 15.4 Å². The number of halogens is 1. The lowest BCUT2D eigenvalue weighted by molar-refractivity contribution is -0.121. The molecule has 1 fully saturated rings. The molecule has 0 saturated carbocycles. The van der Waals surface area contributed by atoms with Crippen molar-refractivity contribution in [1.82, 2.24) is 10.6 Å². The third-order valence-electron chi connectivity index (χ3n) is 3.90. The zero-order valence-electron chi connectivity index (χ0n) is 13.4. The van der Waals surface area contributed by atoms with E-state index in [4.69, 9.17) is 4.74 Å². The van der Waals surface area contributed by atoms with Crippen molar-refractivity contribution in [3.63, 3.8) is 0 Å². The summed E-state index contributed by atoms with van der Waals surface area (Å²) in [5.74, 6) is 0.0421. The lowest BCUT2D eigenvalue weighted by Gasteiger charge is -2.18. The highest BCUT2D eigenvalue weighted by Gasteiger charge is 2.16. The van der Waals surface area contributed by atoms with Crippen molar-refractivity contribution >= 4 is 18.3 Å². The Morgan fingerprint density at radius 3 is 2.68 bits per heavy atom. The molecule has 2 unspecified atom stereocenters. The van der Waals surface area contributed by atoms with Crippen LogP contribution >= 0.6 is 12.4 Å². The van der Waals surface area contributed by atoms with Gasteiger partial charge in [-0.1, -0.05) is 36.8 Å². The molecule has 2 rings (SSSR count). The minimum absolute atomic E-state index is 0. The number of carbonyl (C=O) groups is 1. The van der Waals surface area contributed by atoms with Crippen molar-refractivity contribution in [3.05, 3.63) is 35.4 Å². The molecule has 2 N–H and O–H groups in total. The first-order valence-electron chi connectivity index (χ1n) is 7.87. The van der Waals surface area contributed by atoms with E-state index in [1.54, 1.807) is 0 Å². The molecular formula is C17H27ClN2O2. The molecule has 1 heterocycles. The van der Waals surface area contributed by atoms with Crippen molar-refractivity contribution in [1.29, 1.82) is 0 Å². The Morgan fingerprint density at radius 1 is 1.36 bits per heavy atom. The zero-order valence-corrected chi connectivity index (χ0v) is 14.2. The number of rotatable bonds is 7. The van der Waals surface area contributed by atoms with Gasteiger partial charge in [-0.25, -0.2) is 0 Å². The van der Waals surface area contributed by atoms with Crippen LogP contribution in [0, 0.1) is 6.92 Å². The van der Waals surface area contributed by atoms with Gasteiger partial charge in [0.1, 0.15) is 0 Å². The smallest absolute Gasteiger partial charge is 0.234 e. The maximum absolute atomic E-state index is 12.0. The summed E-state index contributed by atoms with van der Waals surface area (Å²) in [6, 6.07) is 8.43. The van der Waals surface area contributed by atoms with E-state index in [0.717, 1.165) is 38.0 Å². The summed E-state index contributed by atoms with van der Waals surface area (Å²) < 4.78 is 5.52. The molecule has 22 heavy (non-hydrogen) atoms. The van der Waals surface area contributed by atoms with Crippen LogP contribution in [-0.2, 0) is 9.53 Å². The highest BCUT2D eigenvalue weighted by molar-refractivity contribution is 5.85. The molecule has 0 bridgehead atoms. The first-order valence-corrected chi connectivity index (χ1v) is 7.87. The van der Waals surface area contributed by atoms with Crippen molar-refractivity contribution in [2.24, 2.45) is 0 Å². The highest BCUT2D eigenvalue weighted by atomic mass is 35.5. The van der Waals surface area contributed by atoms with Gasteiger partial charge >= 0.3 is 0 Å². The lowest BCUT2D eigenvalue weighted by atomic mass is 10.0. The number of amides is 1. The SMILES string of the molecule is CCC(NC(=O)CNCC1CCCO1)c1ccc(C)cc1.Cl. The van der Waals surface area contributed by atoms with E-state index in [0.29, 0.717) is 6.54 Å². The molecule has 1 aliphatic rings. The quantitative estimate of drug-likeness (QED) is 0.810. The summed E-state index contributed by atoms with van der Waals surface area (Å²) in [6.07, 6.45) is 3.39. The predicted octanol–water partition coefficient (Wildman–Crippen LogP) is 2.75. The minimum Gasteiger partial charge on any atom is -0.377 e. The van der Waals surface area contributed by atoms with E-state index in [9.17, 15) is 4.79 Å². The summed E-state index contributed by atoms with van der Waals surface area (Å²) in [5.41, 5.74) is 2.40. The summed E-state index contributed by atoms with van der Waals surface area (Å²) in [6.45, 7) is 6.11. The average Bonchev–Trinajstić information content (AvgIpc) is 2.99. The van der Waals surface area contributed by atoms with E-state index in [1.165, 1.54) is 5.56 Å². The fourth-order valence-corrected chi connectivity index (χ4v) is 2.62. The average molecular weight is 327 g/mol. The molecule has 0 aliphatic carbocycles. The van der Waals surface area contributed by atoms with E-state index in [2.05, 4.69) is 48.7 Å². The largest absolute Gasteiger partial charge is 0.377 e. The first kappa shape index (κ1) is 18.9. The summed E-state index contributed by atoms with van der Waals surface area (Å²) in [4.78, 5) is 12.0. The molecule has 2 atom stereocenters. The summed E-state index contributed by atoms with van der Waals surface area (Å²) in [5, 5.41) is 6.27. The van der Waals surface area contributed by atoms with Gasteiger partial charge in [0.25, 0.3) is 0 Å². The maximum atomic E-state index is 12.0. The van der Waals surface area contributed by atoms with E-state index in [-0.39, 0.29) is 30.5 Å². The number of nitrogens with one attached hydrogen (secondary N) is 2. The molecule has 1 amide bonds. The number of aryl methyl sites for hydroxylation is 1. The van der Waals surface area contributed by atoms with Gasteiger partial charge in [0.05, 0.1) is 18.7 Å². The molecule has 0 radical (unpaired) electrons. The van der Waals surface area contributed by atoms with Gasteiger partial charge in [0.15, 0.2) is 0 Å². The number of hydrogen-bond donors (Lipinski definition) is 2. The van der Waals surface area contributed by atoms with Crippen LogP contribution in [0.2, 0.25) is 0 Å². The monoisotopic (exact) mass is 326 g/mol. The lowest BCUT2D eigenvalue weighted by Crippen LogP contribution is -2.38. The van der Waals surface area contributed by atoms with Crippen molar-refractivity contribution in [3.8, 4) is 0 Å². The summed E-state index contributed by atoms with van der Waals surface area (Å²) >= 11 is 0. The van der Waals surface area contributed by atoms with Crippen LogP contribution in [0.25, 0.3) is 0 Å². The molecule has 1 aliphatic heterocycles. The number of ether oxygens (including phenoxy) is 1. The second kappa shape index (κ2) is 9.82. The highest BCUT2D eigenvalue weighted by Crippen LogP contribution is 2.16. The van der Waals surface area contributed by atoms with Crippen molar-refractivity contribution in [2.45, 2.75) is 45.3 Å². The normalized spacial score (nSPS) is 18.5. The molecule has 4 nitrogen and oxygen atoms in total. The Bertz CT molecular complexity index is 444. The van der Waals surface area contributed by atoms with E-state index < -0.39 is 0 Å². The Kier molecular flexibility index (Phi) is 8.46. The van der Waals surface area contributed by atoms with E-state index >= 15 is 0 Å². The Hall–Kier alpha value is -1.10. The molecule has 124 valence electrons. The van der Waals surface area contributed by atoms with Gasteiger partial charge in [0.2, 0.25) is 5.91 Å². The Morgan fingerprint density at radius 2 is 2.09 bits per heavy atom. The van der Waals surface area contributed by atoms with Gasteiger partial charge in [-0.2, -0.15) is 0 Å². The van der Waals surface area contributed by atoms with Crippen LogP contribution in [0.3, 0.4) is 0 Å². The van der Waals surface area contributed by atoms with Gasteiger partial charge in [-0.05, 0) is 31.7 Å². The molecular weight excluding hydrogens is 300 g/mol. The Labute approximate surface area is 139 Å². The molecule has 5 heteroatoms. The third kappa shape index (κ3) is 5.95. The predicted molar refractivity (Wildman–Crippen MR) is 91.4 cm³/mol. The van der Waals surface area contributed by atoms with Crippen LogP contribution in [-0.4, -0.2) is 31.7 Å². The number of benzene rings is 1. The van der Waals surface area contributed by atoms with Crippen LogP contribution in [0.15, 0.2) is 24.3 Å². The van der Waals surface area contributed by atoms with Crippen molar-refractivity contribution < 1.29 is 9.53 Å². The van der Waals surface area contributed by atoms with Gasteiger partial charge in [0, 0.05) is 13.2 Å². The maximum Gasteiger partial charge on any atom is 0.234 e. The molecule has 1 saturated heterocycles. The second-order valence-electron chi connectivity index (χ2n) is 5.70. The standard InChI is InChI=1S/C17H26N2O2.ClH/c1-3-16(14-8-6-13(2)7-9-14)19-17(20)12-18-11-15-5-4-10-21-15;/h6-9,15-16,18H,3-5,10-12H2,1-2H3,(H,19,20);1H. The molecule has 1 aromatic rings. The Balaban J connectivity index is 0.00000242.